The Morgan fingerprint density at radius 2 is 2.10 bits per heavy atom. The second kappa shape index (κ2) is 6.56. The van der Waals surface area contributed by atoms with Gasteiger partial charge >= 0.3 is 0 Å². The van der Waals surface area contributed by atoms with Crippen LogP contribution in [-0.2, 0) is 21.2 Å². The molecule has 2 rings (SSSR count). The summed E-state index contributed by atoms with van der Waals surface area (Å²) in [4.78, 5) is 0. The molecule has 1 saturated heterocycles. The van der Waals surface area contributed by atoms with Crippen LogP contribution in [0.5, 0.6) is 0 Å². The number of rotatable bonds is 4. The number of nitrogens with zero attached hydrogens (tertiary/aromatic N) is 2. The lowest BCUT2D eigenvalue weighted by molar-refractivity contribution is 0.0563. The zero-order chi connectivity index (χ0) is 15.5. The first-order chi connectivity index (χ1) is 9.96. The van der Waals surface area contributed by atoms with Crippen LogP contribution in [0, 0.1) is 17.2 Å². The monoisotopic (exact) mass is 308 g/mol. The van der Waals surface area contributed by atoms with E-state index < -0.39 is 15.3 Å². The van der Waals surface area contributed by atoms with Gasteiger partial charge in [-0.05, 0) is 24.5 Å². The van der Waals surface area contributed by atoms with Gasteiger partial charge in [0.2, 0.25) is 10.0 Å². The Balaban J connectivity index is 2.26. The Morgan fingerprint density at radius 1 is 1.38 bits per heavy atom. The number of nitriles is 1. The van der Waals surface area contributed by atoms with Crippen molar-refractivity contribution in [1.29, 1.82) is 5.26 Å². The highest BCUT2D eigenvalue weighted by atomic mass is 32.2. The smallest absolute Gasteiger partial charge is 0.216 e. The van der Waals surface area contributed by atoms with Crippen LogP contribution in [0.25, 0.3) is 0 Å². The predicted molar refractivity (Wildman–Crippen MR) is 80.2 cm³/mol. The summed E-state index contributed by atoms with van der Waals surface area (Å²) in [6.45, 7) is 0.881. The van der Waals surface area contributed by atoms with Gasteiger partial charge in [-0.2, -0.15) is 5.26 Å². The minimum Gasteiger partial charge on any atom is -0.381 e. The van der Waals surface area contributed by atoms with E-state index in [-0.39, 0.29) is 5.92 Å². The minimum absolute atomic E-state index is 0.124. The van der Waals surface area contributed by atoms with E-state index in [1.807, 2.05) is 18.2 Å². The number of sulfonamides is 1. The molecule has 1 aliphatic rings. The zero-order valence-corrected chi connectivity index (χ0v) is 13.1. The Morgan fingerprint density at radius 3 is 2.76 bits per heavy atom. The third kappa shape index (κ3) is 3.43. The maximum absolute atomic E-state index is 12.4. The molecule has 0 aliphatic carbocycles. The molecule has 0 radical (unpaired) electrons. The van der Waals surface area contributed by atoms with E-state index in [9.17, 15) is 8.42 Å². The van der Waals surface area contributed by atoms with Crippen LogP contribution in [-0.4, -0.2) is 45.3 Å². The molecular formula is C15H20N2O3S. The fourth-order valence-corrected chi connectivity index (χ4v) is 4.32. The summed E-state index contributed by atoms with van der Waals surface area (Å²) in [5.41, 5.74) is 1.48. The molecule has 0 unspecified atom stereocenters. The van der Waals surface area contributed by atoms with Gasteiger partial charge in [0, 0.05) is 26.6 Å². The van der Waals surface area contributed by atoms with Crippen LogP contribution >= 0.6 is 0 Å². The molecule has 0 amide bonds. The molecule has 1 aromatic carbocycles. The summed E-state index contributed by atoms with van der Waals surface area (Å²) in [5.74, 6) is -0.124. The van der Waals surface area contributed by atoms with Gasteiger partial charge in [-0.25, -0.2) is 12.7 Å². The molecule has 6 heteroatoms. The Hall–Kier alpha value is -1.42. The summed E-state index contributed by atoms with van der Waals surface area (Å²) in [6.07, 6.45) is 1.04. The van der Waals surface area contributed by atoms with Crippen LogP contribution in [0.15, 0.2) is 24.3 Å². The van der Waals surface area contributed by atoms with Crippen molar-refractivity contribution in [2.45, 2.75) is 18.1 Å². The maximum Gasteiger partial charge on any atom is 0.216 e. The molecule has 0 N–H and O–H groups in total. The van der Waals surface area contributed by atoms with Crippen LogP contribution in [0.1, 0.15) is 17.5 Å². The fourth-order valence-electron chi connectivity index (χ4n) is 2.72. The molecule has 1 fully saturated rings. The van der Waals surface area contributed by atoms with E-state index in [1.54, 1.807) is 20.2 Å². The third-order valence-electron chi connectivity index (χ3n) is 3.92. The molecule has 114 valence electrons. The van der Waals surface area contributed by atoms with Gasteiger partial charge in [-0.3, -0.25) is 0 Å². The quantitative estimate of drug-likeness (QED) is 0.843. The van der Waals surface area contributed by atoms with Crippen molar-refractivity contribution < 1.29 is 13.2 Å². The molecule has 1 heterocycles. The highest BCUT2D eigenvalue weighted by molar-refractivity contribution is 7.89. The van der Waals surface area contributed by atoms with Crippen LogP contribution in [0.4, 0.5) is 0 Å². The molecule has 1 aromatic rings. The lowest BCUT2D eigenvalue weighted by Crippen LogP contribution is -2.44. The van der Waals surface area contributed by atoms with Crippen LogP contribution < -0.4 is 0 Å². The lowest BCUT2D eigenvalue weighted by atomic mass is 9.91. The molecule has 21 heavy (non-hydrogen) atoms. The highest BCUT2D eigenvalue weighted by Gasteiger charge is 2.37. The van der Waals surface area contributed by atoms with Crippen molar-refractivity contribution in [1.82, 2.24) is 4.31 Å². The summed E-state index contributed by atoms with van der Waals surface area (Å²) >= 11 is 0. The van der Waals surface area contributed by atoms with Crippen LogP contribution in [0.3, 0.4) is 0 Å². The first kappa shape index (κ1) is 16.0. The normalized spacial score (nSPS) is 23.0. The van der Waals surface area contributed by atoms with Crippen LogP contribution in [0.2, 0.25) is 0 Å². The van der Waals surface area contributed by atoms with Crippen molar-refractivity contribution in [2.75, 3.05) is 27.3 Å². The standard InChI is InChI=1S/C15H20N2O3S/c1-17(2)21(18,19)15-7-8-20-11-14(15)9-12-5-3-4-6-13(12)10-16/h3-6,14-15H,7-9,11H2,1-2H3/t14-,15+/m1/s1. The maximum atomic E-state index is 12.4. The second-order valence-corrected chi connectivity index (χ2v) is 7.83. The fraction of sp³-hybridized carbons (Fsp3) is 0.533. The predicted octanol–water partition coefficient (Wildman–Crippen LogP) is 1.40. The number of hydrogen-bond donors (Lipinski definition) is 0. The molecule has 5 nitrogen and oxygen atoms in total. The molecular weight excluding hydrogens is 288 g/mol. The highest BCUT2D eigenvalue weighted by Crippen LogP contribution is 2.27. The topological polar surface area (TPSA) is 70.4 Å². The Labute approximate surface area is 126 Å². The first-order valence-corrected chi connectivity index (χ1v) is 8.44. The third-order valence-corrected chi connectivity index (χ3v) is 6.32. The van der Waals surface area contributed by atoms with Crippen molar-refractivity contribution in [2.24, 2.45) is 5.92 Å². The van der Waals surface area contributed by atoms with Gasteiger partial charge in [0.05, 0.1) is 23.5 Å². The van der Waals surface area contributed by atoms with Crippen molar-refractivity contribution in [3.8, 4) is 6.07 Å². The summed E-state index contributed by atoms with van der Waals surface area (Å²) in [7, 11) is -0.197. The summed E-state index contributed by atoms with van der Waals surface area (Å²) in [5, 5.41) is 8.70. The number of ether oxygens (including phenoxy) is 1. The van der Waals surface area contributed by atoms with E-state index in [2.05, 4.69) is 6.07 Å². The van der Waals surface area contributed by atoms with E-state index >= 15 is 0 Å². The molecule has 0 spiro atoms. The number of hydrogen-bond acceptors (Lipinski definition) is 4. The largest absolute Gasteiger partial charge is 0.381 e. The molecule has 0 saturated carbocycles. The molecule has 1 aliphatic heterocycles. The number of benzene rings is 1. The van der Waals surface area contributed by atoms with E-state index in [0.717, 1.165) is 5.56 Å². The molecule has 0 aromatic heterocycles. The minimum atomic E-state index is -3.32. The van der Waals surface area contributed by atoms with Gasteiger partial charge in [0.25, 0.3) is 0 Å². The van der Waals surface area contributed by atoms with Crippen molar-refractivity contribution in [3.05, 3.63) is 35.4 Å². The van der Waals surface area contributed by atoms with Gasteiger partial charge in [0.15, 0.2) is 0 Å². The summed E-state index contributed by atoms with van der Waals surface area (Å²) < 4.78 is 31.6. The molecule has 0 bridgehead atoms. The zero-order valence-electron chi connectivity index (χ0n) is 12.3. The van der Waals surface area contributed by atoms with Gasteiger partial charge in [-0.1, -0.05) is 18.2 Å². The first-order valence-electron chi connectivity index (χ1n) is 6.94. The van der Waals surface area contributed by atoms with Gasteiger partial charge in [0.1, 0.15) is 0 Å². The van der Waals surface area contributed by atoms with Gasteiger partial charge in [-0.15, -0.1) is 0 Å². The lowest BCUT2D eigenvalue weighted by Gasteiger charge is -2.33. The van der Waals surface area contributed by atoms with Crippen molar-refractivity contribution in [3.63, 3.8) is 0 Å². The van der Waals surface area contributed by atoms with Crippen molar-refractivity contribution >= 4 is 10.0 Å². The van der Waals surface area contributed by atoms with E-state index in [4.69, 9.17) is 10.00 Å². The van der Waals surface area contributed by atoms with Gasteiger partial charge < -0.3 is 4.74 Å². The summed E-state index contributed by atoms with van der Waals surface area (Å²) in [6, 6.07) is 9.48. The van der Waals surface area contributed by atoms with E-state index in [1.165, 1.54) is 4.31 Å². The SMILES string of the molecule is CN(C)S(=O)(=O)[C@H]1CCOC[C@H]1Cc1ccccc1C#N. The van der Waals surface area contributed by atoms with E-state index in [0.29, 0.717) is 31.6 Å². The Kier molecular flexibility index (Phi) is 4.99. The average Bonchev–Trinajstić information content (AvgIpc) is 2.48. The molecule has 2 atom stereocenters. The average molecular weight is 308 g/mol. The second-order valence-electron chi connectivity index (χ2n) is 5.46. The Bertz CT molecular complexity index is 635.